The van der Waals surface area contributed by atoms with Crippen LogP contribution in [0.2, 0.25) is 0 Å². The monoisotopic (exact) mass is 371 g/mol. The van der Waals surface area contributed by atoms with E-state index < -0.39 is 15.7 Å². The first kappa shape index (κ1) is 16.0. The van der Waals surface area contributed by atoms with Crippen LogP contribution in [-0.4, -0.2) is 14.7 Å². The summed E-state index contributed by atoms with van der Waals surface area (Å²) in [6, 6.07) is 11.2. The molecule has 0 amide bonds. The van der Waals surface area contributed by atoms with Gasteiger partial charge < -0.3 is 5.32 Å². The molecular weight excluding hydrogens is 357 g/mol. The van der Waals surface area contributed by atoms with Gasteiger partial charge in [0.15, 0.2) is 9.84 Å². The minimum Gasteiger partial charge on any atom is -0.376 e. The van der Waals surface area contributed by atoms with E-state index in [2.05, 4.69) is 21.2 Å². The number of benzene rings is 2. The minimum absolute atomic E-state index is 0.0920. The third-order valence-corrected chi connectivity index (χ3v) is 4.75. The number of hydrogen-bond acceptors (Lipinski definition) is 3. The van der Waals surface area contributed by atoms with Crippen LogP contribution >= 0.6 is 15.9 Å². The number of hydrogen-bond donors (Lipinski definition) is 1. The molecule has 2 rings (SSSR count). The van der Waals surface area contributed by atoms with Crippen LogP contribution in [0.1, 0.15) is 18.5 Å². The molecule has 0 aromatic heterocycles. The SMILES string of the molecule is CC(Nc1cc(S(C)(=O)=O)ccc1F)c1ccc(Br)cc1. The zero-order valence-electron chi connectivity index (χ0n) is 11.6. The lowest BCUT2D eigenvalue weighted by Crippen LogP contribution is -2.09. The fraction of sp³-hybridized carbons (Fsp3) is 0.200. The standard InChI is InChI=1S/C15H15BrFNO2S/c1-10(11-3-5-12(16)6-4-11)18-15-9-13(21(2,19)20)7-8-14(15)17/h3-10,18H,1-2H3. The van der Waals surface area contributed by atoms with Crippen molar-refractivity contribution < 1.29 is 12.8 Å². The van der Waals surface area contributed by atoms with Gasteiger partial charge in [-0.05, 0) is 42.8 Å². The third kappa shape index (κ3) is 4.04. The summed E-state index contributed by atoms with van der Waals surface area (Å²) in [7, 11) is -3.36. The van der Waals surface area contributed by atoms with Crippen molar-refractivity contribution >= 4 is 31.5 Å². The van der Waals surface area contributed by atoms with Gasteiger partial charge in [-0.1, -0.05) is 28.1 Å². The van der Waals surface area contributed by atoms with Gasteiger partial charge in [-0.3, -0.25) is 0 Å². The maximum Gasteiger partial charge on any atom is 0.175 e. The minimum atomic E-state index is -3.36. The van der Waals surface area contributed by atoms with Gasteiger partial charge in [0.25, 0.3) is 0 Å². The number of anilines is 1. The lowest BCUT2D eigenvalue weighted by Gasteiger charge is -2.17. The van der Waals surface area contributed by atoms with Crippen LogP contribution in [0.5, 0.6) is 0 Å². The Morgan fingerprint density at radius 1 is 1.14 bits per heavy atom. The zero-order chi connectivity index (χ0) is 15.6. The molecule has 0 saturated heterocycles. The van der Waals surface area contributed by atoms with Gasteiger partial charge in [-0.25, -0.2) is 12.8 Å². The Kier molecular flexibility index (Phi) is 4.68. The molecule has 0 heterocycles. The second-order valence-corrected chi connectivity index (χ2v) is 7.76. The highest BCUT2D eigenvalue weighted by atomic mass is 79.9. The topological polar surface area (TPSA) is 46.2 Å². The molecule has 1 N–H and O–H groups in total. The molecule has 0 aliphatic carbocycles. The number of nitrogens with one attached hydrogen (secondary N) is 1. The van der Waals surface area contributed by atoms with E-state index in [1.54, 1.807) is 0 Å². The predicted molar refractivity (Wildman–Crippen MR) is 85.7 cm³/mol. The van der Waals surface area contributed by atoms with Crippen LogP contribution in [0.15, 0.2) is 51.8 Å². The Morgan fingerprint density at radius 2 is 1.76 bits per heavy atom. The molecular formula is C15H15BrFNO2S. The second kappa shape index (κ2) is 6.15. The van der Waals surface area contributed by atoms with Crippen molar-refractivity contribution in [1.29, 1.82) is 0 Å². The van der Waals surface area contributed by atoms with E-state index in [9.17, 15) is 12.8 Å². The summed E-state index contributed by atoms with van der Waals surface area (Å²) in [6.07, 6.45) is 1.10. The molecule has 2 aromatic carbocycles. The first-order valence-electron chi connectivity index (χ1n) is 6.29. The summed E-state index contributed by atoms with van der Waals surface area (Å²) in [5, 5.41) is 3.00. The molecule has 1 atom stereocenters. The molecule has 21 heavy (non-hydrogen) atoms. The van der Waals surface area contributed by atoms with E-state index in [-0.39, 0.29) is 16.6 Å². The molecule has 112 valence electrons. The maximum atomic E-state index is 13.8. The van der Waals surface area contributed by atoms with E-state index in [1.807, 2.05) is 31.2 Å². The van der Waals surface area contributed by atoms with Gasteiger partial charge in [0.1, 0.15) is 5.82 Å². The highest BCUT2D eigenvalue weighted by Crippen LogP contribution is 2.25. The van der Waals surface area contributed by atoms with Crippen LogP contribution in [0.25, 0.3) is 0 Å². The van der Waals surface area contributed by atoms with Crippen LogP contribution in [-0.2, 0) is 9.84 Å². The number of rotatable bonds is 4. The smallest absolute Gasteiger partial charge is 0.175 e. The Balaban J connectivity index is 2.28. The van der Waals surface area contributed by atoms with E-state index in [1.165, 1.54) is 12.1 Å². The van der Waals surface area contributed by atoms with E-state index >= 15 is 0 Å². The maximum absolute atomic E-state index is 13.8. The van der Waals surface area contributed by atoms with Crippen LogP contribution in [0, 0.1) is 5.82 Å². The van der Waals surface area contributed by atoms with Gasteiger partial charge in [0, 0.05) is 16.8 Å². The number of sulfone groups is 1. The van der Waals surface area contributed by atoms with Gasteiger partial charge in [0.2, 0.25) is 0 Å². The molecule has 2 aromatic rings. The summed E-state index contributed by atoms with van der Waals surface area (Å²) in [4.78, 5) is 0.0920. The second-order valence-electron chi connectivity index (χ2n) is 4.83. The summed E-state index contributed by atoms with van der Waals surface area (Å²) >= 11 is 3.36. The number of halogens is 2. The van der Waals surface area contributed by atoms with Gasteiger partial charge in [0.05, 0.1) is 10.6 Å². The molecule has 0 spiro atoms. The highest BCUT2D eigenvalue weighted by molar-refractivity contribution is 9.10. The molecule has 0 fully saturated rings. The van der Waals surface area contributed by atoms with Crippen LogP contribution in [0.4, 0.5) is 10.1 Å². The summed E-state index contributed by atoms with van der Waals surface area (Å²) < 4.78 is 37.9. The van der Waals surface area contributed by atoms with Crippen molar-refractivity contribution in [1.82, 2.24) is 0 Å². The van der Waals surface area contributed by atoms with E-state index in [0.29, 0.717) is 0 Å². The van der Waals surface area contributed by atoms with Crippen molar-refractivity contribution in [2.24, 2.45) is 0 Å². The normalized spacial score (nSPS) is 13.0. The summed E-state index contributed by atoms with van der Waals surface area (Å²) in [5.74, 6) is -0.480. The van der Waals surface area contributed by atoms with E-state index in [4.69, 9.17) is 0 Å². The third-order valence-electron chi connectivity index (χ3n) is 3.11. The predicted octanol–water partition coefficient (Wildman–Crippen LogP) is 4.16. The largest absolute Gasteiger partial charge is 0.376 e. The lowest BCUT2D eigenvalue weighted by atomic mass is 10.1. The van der Waals surface area contributed by atoms with Crippen molar-refractivity contribution in [3.8, 4) is 0 Å². The first-order chi connectivity index (χ1) is 9.77. The van der Waals surface area contributed by atoms with Gasteiger partial charge in [-0.2, -0.15) is 0 Å². The average Bonchev–Trinajstić information content (AvgIpc) is 2.40. The summed E-state index contributed by atoms with van der Waals surface area (Å²) in [6.45, 7) is 1.88. The van der Waals surface area contributed by atoms with Crippen LogP contribution in [0.3, 0.4) is 0 Å². The zero-order valence-corrected chi connectivity index (χ0v) is 14.0. The fourth-order valence-electron chi connectivity index (χ4n) is 1.91. The molecule has 0 radical (unpaired) electrons. The Hall–Kier alpha value is -1.40. The first-order valence-corrected chi connectivity index (χ1v) is 8.97. The molecule has 1 unspecified atom stereocenters. The Bertz CT molecular complexity index is 745. The van der Waals surface area contributed by atoms with Crippen molar-refractivity contribution in [3.63, 3.8) is 0 Å². The Morgan fingerprint density at radius 3 is 2.33 bits per heavy atom. The van der Waals surface area contributed by atoms with Gasteiger partial charge >= 0.3 is 0 Å². The Labute approximate surface area is 132 Å². The fourth-order valence-corrected chi connectivity index (χ4v) is 2.83. The van der Waals surface area contributed by atoms with Crippen molar-refractivity contribution in [2.75, 3.05) is 11.6 Å². The highest BCUT2D eigenvalue weighted by Gasteiger charge is 2.13. The van der Waals surface area contributed by atoms with E-state index in [0.717, 1.165) is 22.4 Å². The molecule has 3 nitrogen and oxygen atoms in total. The van der Waals surface area contributed by atoms with Crippen LogP contribution < -0.4 is 5.32 Å². The molecule has 0 aliphatic heterocycles. The molecule has 6 heteroatoms. The molecule has 0 bridgehead atoms. The average molecular weight is 372 g/mol. The van der Waals surface area contributed by atoms with Crippen molar-refractivity contribution in [2.45, 2.75) is 17.9 Å². The lowest BCUT2D eigenvalue weighted by molar-refractivity contribution is 0.600. The van der Waals surface area contributed by atoms with Crippen molar-refractivity contribution in [3.05, 3.63) is 58.3 Å². The van der Waals surface area contributed by atoms with Gasteiger partial charge in [-0.15, -0.1) is 0 Å². The molecule has 0 aliphatic rings. The quantitative estimate of drug-likeness (QED) is 0.820. The summed E-state index contributed by atoms with van der Waals surface area (Å²) in [5.41, 5.74) is 1.15. The molecule has 0 saturated carbocycles.